The molecule has 3 heterocycles. The summed E-state index contributed by atoms with van der Waals surface area (Å²) in [5.74, 6) is 3.48. The van der Waals surface area contributed by atoms with Gasteiger partial charge in [0.1, 0.15) is 11.3 Å². The van der Waals surface area contributed by atoms with E-state index in [0.717, 1.165) is 22.7 Å². The monoisotopic (exact) mass is 295 g/mol. The van der Waals surface area contributed by atoms with E-state index in [9.17, 15) is 0 Å². The zero-order valence-electron chi connectivity index (χ0n) is 11.8. The second kappa shape index (κ2) is 5.53. The van der Waals surface area contributed by atoms with Crippen molar-refractivity contribution in [1.82, 2.24) is 14.5 Å². The summed E-state index contributed by atoms with van der Waals surface area (Å²) >= 11 is 2.04. The van der Waals surface area contributed by atoms with Crippen molar-refractivity contribution in [3.8, 4) is 11.4 Å². The van der Waals surface area contributed by atoms with Crippen molar-refractivity contribution in [1.29, 1.82) is 0 Å². The normalized spacial score (nSPS) is 19.0. The molecule has 4 rings (SSSR count). The van der Waals surface area contributed by atoms with Crippen LogP contribution in [0, 0.1) is 0 Å². The Hall–Kier alpha value is -1.81. The standard InChI is InChI=1S/C17H17N3S/c1-2-6-13(7-3-1)16-19-15-9-4-10-18-17(15)20(16)14-8-5-11-21-12-14/h1-4,6-7,9-10,14H,5,8,11-12H2. The second-order valence-electron chi connectivity index (χ2n) is 5.39. The molecule has 3 aromatic rings. The Labute approximate surface area is 128 Å². The zero-order chi connectivity index (χ0) is 14.1. The van der Waals surface area contributed by atoms with Gasteiger partial charge >= 0.3 is 0 Å². The van der Waals surface area contributed by atoms with Crippen LogP contribution < -0.4 is 0 Å². The molecule has 0 bridgehead atoms. The van der Waals surface area contributed by atoms with E-state index in [-0.39, 0.29) is 0 Å². The zero-order valence-corrected chi connectivity index (χ0v) is 12.6. The molecular formula is C17H17N3S. The average Bonchev–Trinajstić information content (AvgIpc) is 2.96. The quantitative estimate of drug-likeness (QED) is 0.711. The summed E-state index contributed by atoms with van der Waals surface area (Å²) in [5, 5.41) is 0. The van der Waals surface area contributed by atoms with Gasteiger partial charge in [0.15, 0.2) is 5.65 Å². The van der Waals surface area contributed by atoms with Gasteiger partial charge in [0.25, 0.3) is 0 Å². The fourth-order valence-corrected chi connectivity index (χ4v) is 4.12. The lowest BCUT2D eigenvalue weighted by Crippen LogP contribution is -2.17. The first-order valence-corrected chi connectivity index (χ1v) is 8.55. The van der Waals surface area contributed by atoms with Crippen LogP contribution in [-0.2, 0) is 0 Å². The van der Waals surface area contributed by atoms with Gasteiger partial charge in [-0.2, -0.15) is 11.8 Å². The number of aromatic nitrogens is 3. The number of hydrogen-bond acceptors (Lipinski definition) is 3. The summed E-state index contributed by atoms with van der Waals surface area (Å²) in [6.45, 7) is 0. The van der Waals surface area contributed by atoms with E-state index in [1.54, 1.807) is 0 Å². The number of imidazole rings is 1. The van der Waals surface area contributed by atoms with Crippen molar-refractivity contribution < 1.29 is 0 Å². The van der Waals surface area contributed by atoms with E-state index in [1.165, 1.54) is 24.2 Å². The topological polar surface area (TPSA) is 30.7 Å². The highest BCUT2D eigenvalue weighted by Gasteiger charge is 2.22. The van der Waals surface area contributed by atoms with Crippen molar-refractivity contribution in [2.45, 2.75) is 18.9 Å². The van der Waals surface area contributed by atoms with Gasteiger partial charge in [0.05, 0.1) is 0 Å². The van der Waals surface area contributed by atoms with Gasteiger partial charge in [0, 0.05) is 23.6 Å². The molecule has 21 heavy (non-hydrogen) atoms. The highest BCUT2D eigenvalue weighted by molar-refractivity contribution is 7.99. The van der Waals surface area contributed by atoms with E-state index in [0.29, 0.717) is 6.04 Å². The number of rotatable bonds is 2. The van der Waals surface area contributed by atoms with Crippen molar-refractivity contribution in [2.75, 3.05) is 11.5 Å². The summed E-state index contributed by atoms with van der Waals surface area (Å²) in [6, 6.07) is 15.0. The van der Waals surface area contributed by atoms with Crippen molar-refractivity contribution in [3.63, 3.8) is 0 Å². The summed E-state index contributed by atoms with van der Waals surface area (Å²) in [6.07, 6.45) is 4.36. The maximum atomic E-state index is 4.85. The minimum Gasteiger partial charge on any atom is -0.305 e. The molecule has 0 saturated carbocycles. The van der Waals surface area contributed by atoms with Crippen LogP contribution >= 0.6 is 11.8 Å². The number of hydrogen-bond donors (Lipinski definition) is 0. The molecule has 2 aromatic heterocycles. The fourth-order valence-electron chi connectivity index (χ4n) is 2.99. The van der Waals surface area contributed by atoms with Crippen LogP contribution in [0.4, 0.5) is 0 Å². The molecule has 0 amide bonds. The molecule has 1 atom stereocenters. The largest absolute Gasteiger partial charge is 0.305 e. The Balaban J connectivity index is 1.92. The predicted octanol–water partition coefficient (Wildman–Crippen LogP) is 4.17. The maximum Gasteiger partial charge on any atom is 0.160 e. The van der Waals surface area contributed by atoms with Gasteiger partial charge in [-0.05, 0) is 30.7 Å². The molecule has 0 radical (unpaired) electrons. The van der Waals surface area contributed by atoms with Gasteiger partial charge in [-0.3, -0.25) is 0 Å². The minimum atomic E-state index is 0.499. The van der Waals surface area contributed by atoms with Gasteiger partial charge in [-0.15, -0.1) is 0 Å². The molecule has 1 aliphatic rings. The average molecular weight is 295 g/mol. The Bertz CT molecular complexity index is 745. The molecule has 1 aliphatic heterocycles. The lowest BCUT2D eigenvalue weighted by molar-refractivity contribution is 0.513. The number of benzene rings is 1. The first kappa shape index (κ1) is 12.9. The smallest absolute Gasteiger partial charge is 0.160 e. The van der Waals surface area contributed by atoms with Crippen LogP contribution in [0.5, 0.6) is 0 Å². The molecule has 3 nitrogen and oxygen atoms in total. The third-order valence-electron chi connectivity index (χ3n) is 3.98. The third kappa shape index (κ3) is 2.33. The van der Waals surface area contributed by atoms with Crippen LogP contribution in [-0.4, -0.2) is 26.0 Å². The Morgan fingerprint density at radius 2 is 2.00 bits per heavy atom. The molecule has 1 unspecified atom stereocenters. The first-order chi connectivity index (χ1) is 10.4. The molecule has 1 fully saturated rings. The van der Waals surface area contributed by atoms with Gasteiger partial charge in [0.2, 0.25) is 0 Å². The Morgan fingerprint density at radius 1 is 1.10 bits per heavy atom. The fraction of sp³-hybridized carbons (Fsp3) is 0.294. The van der Waals surface area contributed by atoms with Crippen LogP contribution in [0.25, 0.3) is 22.6 Å². The van der Waals surface area contributed by atoms with E-state index in [1.807, 2.05) is 30.1 Å². The molecule has 0 spiro atoms. The maximum absolute atomic E-state index is 4.85. The molecule has 0 aliphatic carbocycles. The van der Waals surface area contributed by atoms with Crippen LogP contribution in [0.1, 0.15) is 18.9 Å². The highest BCUT2D eigenvalue weighted by Crippen LogP contribution is 2.33. The number of thioether (sulfide) groups is 1. The molecule has 0 N–H and O–H groups in total. The lowest BCUT2D eigenvalue weighted by Gasteiger charge is -2.24. The second-order valence-corrected chi connectivity index (χ2v) is 6.54. The molecule has 106 valence electrons. The molecule has 1 saturated heterocycles. The van der Waals surface area contributed by atoms with Gasteiger partial charge in [-0.25, -0.2) is 9.97 Å². The van der Waals surface area contributed by atoms with Crippen LogP contribution in [0.3, 0.4) is 0 Å². The molecular weight excluding hydrogens is 278 g/mol. The number of fused-ring (bicyclic) bond motifs is 1. The summed E-state index contributed by atoms with van der Waals surface area (Å²) in [5.41, 5.74) is 3.18. The highest BCUT2D eigenvalue weighted by atomic mass is 32.2. The van der Waals surface area contributed by atoms with Crippen LogP contribution in [0.2, 0.25) is 0 Å². The third-order valence-corrected chi connectivity index (χ3v) is 5.18. The number of nitrogens with zero attached hydrogens (tertiary/aromatic N) is 3. The van der Waals surface area contributed by atoms with E-state index in [2.05, 4.69) is 39.9 Å². The Kier molecular flexibility index (Phi) is 3.39. The van der Waals surface area contributed by atoms with Crippen molar-refractivity contribution in [2.24, 2.45) is 0 Å². The van der Waals surface area contributed by atoms with Crippen molar-refractivity contribution in [3.05, 3.63) is 48.7 Å². The SMILES string of the molecule is c1ccc(-c2nc3cccnc3n2C2CCCSC2)cc1. The summed E-state index contributed by atoms with van der Waals surface area (Å²) < 4.78 is 2.36. The van der Waals surface area contributed by atoms with Crippen molar-refractivity contribution >= 4 is 22.9 Å². The van der Waals surface area contributed by atoms with E-state index in [4.69, 9.17) is 4.98 Å². The first-order valence-electron chi connectivity index (χ1n) is 7.39. The lowest BCUT2D eigenvalue weighted by atomic mass is 10.1. The molecule has 1 aromatic carbocycles. The van der Waals surface area contributed by atoms with E-state index >= 15 is 0 Å². The summed E-state index contributed by atoms with van der Waals surface area (Å²) in [4.78, 5) is 9.44. The number of pyridine rings is 1. The molecule has 4 heteroatoms. The van der Waals surface area contributed by atoms with Gasteiger partial charge in [-0.1, -0.05) is 30.3 Å². The summed E-state index contributed by atoms with van der Waals surface area (Å²) in [7, 11) is 0. The Morgan fingerprint density at radius 3 is 2.81 bits per heavy atom. The van der Waals surface area contributed by atoms with E-state index < -0.39 is 0 Å². The predicted molar refractivity (Wildman–Crippen MR) is 88.6 cm³/mol. The minimum absolute atomic E-state index is 0.499. The van der Waals surface area contributed by atoms with Gasteiger partial charge < -0.3 is 4.57 Å². The van der Waals surface area contributed by atoms with Crippen LogP contribution in [0.15, 0.2) is 48.7 Å².